The van der Waals surface area contributed by atoms with Gasteiger partial charge in [-0.3, -0.25) is 9.59 Å². The summed E-state index contributed by atoms with van der Waals surface area (Å²) in [6, 6.07) is 8.45. The minimum Gasteiger partial charge on any atom is -0.350 e. The number of amides is 2. The van der Waals surface area contributed by atoms with Crippen LogP contribution in [0.4, 0.5) is 5.13 Å². The number of nitrogens with one attached hydrogen (secondary N) is 2. The molecular formula is C17H19N3O2S. The number of benzene rings is 1. The summed E-state index contributed by atoms with van der Waals surface area (Å²) in [7, 11) is 0. The zero-order valence-electron chi connectivity index (χ0n) is 13.0. The summed E-state index contributed by atoms with van der Waals surface area (Å²) in [5.74, 6) is -0.0246. The first kappa shape index (κ1) is 15.7. The molecule has 1 aromatic heterocycles. The molecule has 1 aliphatic carbocycles. The maximum Gasteiger partial charge on any atom is 0.270 e. The molecule has 0 saturated heterocycles. The number of aromatic nitrogens is 1. The van der Waals surface area contributed by atoms with Gasteiger partial charge in [0.05, 0.1) is 0 Å². The summed E-state index contributed by atoms with van der Waals surface area (Å²) >= 11 is 1.25. The van der Waals surface area contributed by atoms with Crippen LogP contribution >= 0.6 is 11.3 Å². The molecule has 1 heterocycles. The highest BCUT2D eigenvalue weighted by atomic mass is 32.1. The van der Waals surface area contributed by atoms with Crippen LogP contribution in [0.3, 0.4) is 0 Å². The molecule has 1 atom stereocenters. The Bertz CT molecular complexity index is 726. The number of rotatable bonds is 4. The topological polar surface area (TPSA) is 71.1 Å². The first-order chi connectivity index (χ1) is 11.1. The fraction of sp³-hybridized carbons (Fsp3) is 0.353. The normalized spacial score (nSPS) is 16.5. The van der Waals surface area contributed by atoms with E-state index < -0.39 is 0 Å². The van der Waals surface area contributed by atoms with Crippen LogP contribution in [0.1, 0.15) is 47.3 Å². The van der Waals surface area contributed by atoms with Crippen molar-refractivity contribution in [3.8, 4) is 0 Å². The molecule has 1 aliphatic rings. The molecule has 1 aromatic carbocycles. The van der Waals surface area contributed by atoms with Crippen molar-refractivity contribution < 1.29 is 9.59 Å². The minimum absolute atomic E-state index is 0.190. The van der Waals surface area contributed by atoms with Gasteiger partial charge in [0.25, 0.3) is 5.91 Å². The summed E-state index contributed by atoms with van der Waals surface area (Å²) in [5.41, 5.74) is 3.08. The standard InChI is InChI=1S/C17H19N3O2S/c1-11(21)19-17-20-15(10-23-17)16(22)18-9-13-7-4-6-12-5-2-3-8-14(12)13/h2-3,5,8,10,13H,4,6-7,9H2,1H3,(H,18,22)(H,19,20,21)/t13-/m1/s1. The molecule has 6 heteroatoms. The third-order valence-electron chi connectivity index (χ3n) is 4.02. The van der Waals surface area contributed by atoms with E-state index in [-0.39, 0.29) is 11.8 Å². The highest BCUT2D eigenvalue weighted by molar-refractivity contribution is 7.14. The SMILES string of the molecule is CC(=O)Nc1nc(C(=O)NC[C@H]2CCCc3ccccc32)cs1. The fourth-order valence-electron chi connectivity index (χ4n) is 2.96. The highest BCUT2D eigenvalue weighted by Crippen LogP contribution is 2.30. The van der Waals surface area contributed by atoms with Gasteiger partial charge in [0.15, 0.2) is 5.13 Å². The summed E-state index contributed by atoms with van der Waals surface area (Å²) in [4.78, 5) is 27.3. The Kier molecular flexibility index (Phi) is 4.71. The van der Waals surface area contributed by atoms with Gasteiger partial charge in [-0.25, -0.2) is 4.98 Å². The lowest BCUT2D eigenvalue weighted by Crippen LogP contribution is -2.30. The zero-order chi connectivity index (χ0) is 16.2. The van der Waals surface area contributed by atoms with Gasteiger partial charge in [-0.05, 0) is 30.4 Å². The van der Waals surface area contributed by atoms with Crippen LogP contribution in [0.5, 0.6) is 0 Å². The number of carbonyl (C=O) groups is 2. The maximum absolute atomic E-state index is 12.2. The molecule has 0 aliphatic heterocycles. The smallest absolute Gasteiger partial charge is 0.270 e. The minimum atomic E-state index is -0.194. The summed E-state index contributed by atoms with van der Waals surface area (Å²) in [6.07, 6.45) is 3.36. The number of thiazole rings is 1. The first-order valence-corrected chi connectivity index (χ1v) is 8.60. The number of fused-ring (bicyclic) bond motifs is 1. The van der Waals surface area contributed by atoms with Gasteiger partial charge in [-0.1, -0.05) is 24.3 Å². The van der Waals surface area contributed by atoms with Crippen LogP contribution in [0.2, 0.25) is 0 Å². The Balaban J connectivity index is 1.61. The third kappa shape index (κ3) is 3.76. The zero-order valence-corrected chi connectivity index (χ0v) is 13.8. The molecule has 0 radical (unpaired) electrons. The van der Waals surface area contributed by atoms with Gasteiger partial charge in [0, 0.05) is 24.8 Å². The summed E-state index contributed by atoms with van der Waals surface area (Å²) in [5, 5.41) is 7.67. The molecule has 2 N–H and O–H groups in total. The fourth-order valence-corrected chi connectivity index (χ4v) is 3.70. The number of hydrogen-bond acceptors (Lipinski definition) is 4. The highest BCUT2D eigenvalue weighted by Gasteiger charge is 2.21. The Morgan fingerprint density at radius 1 is 1.35 bits per heavy atom. The van der Waals surface area contributed by atoms with Crippen LogP contribution in [0, 0.1) is 0 Å². The van der Waals surface area contributed by atoms with Gasteiger partial charge in [-0.2, -0.15) is 0 Å². The summed E-state index contributed by atoms with van der Waals surface area (Å²) < 4.78 is 0. The molecule has 5 nitrogen and oxygen atoms in total. The molecule has 120 valence electrons. The second kappa shape index (κ2) is 6.91. The average Bonchev–Trinajstić information content (AvgIpc) is 3.00. The Morgan fingerprint density at radius 3 is 3.00 bits per heavy atom. The Morgan fingerprint density at radius 2 is 2.17 bits per heavy atom. The van der Waals surface area contributed by atoms with Crippen LogP contribution in [-0.4, -0.2) is 23.3 Å². The van der Waals surface area contributed by atoms with Crippen molar-refractivity contribution in [2.24, 2.45) is 0 Å². The molecule has 0 saturated carbocycles. The van der Waals surface area contributed by atoms with Crippen molar-refractivity contribution in [3.05, 3.63) is 46.5 Å². The lowest BCUT2D eigenvalue weighted by molar-refractivity contribution is -0.114. The molecule has 23 heavy (non-hydrogen) atoms. The van der Waals surface area contributed by atoms with E-state index in [2.05, 4.69) is 39.9 Å². The van der Waals surface area contributed by atoms with Crippen LogP contribution in [-0.2, 0) is 11.2 Å². The monoisotopic (exact) mass is 329 g/mol. The second-order valence-electron chi connectivity index (χ2n) is 5.72. The van der Waals surface area contributed by atoms with Crippen LogP contribution in [0.15, 0.2) is 29.6 Å². The van der Waals surface area contributed by atoms with E-state index in [4.69, 9.17) is 0 Å². The molecule has 0 fully saturated rings. The number of carbonyl (C=O) groups excluding carboxylic acids is 2. The van der Waals surface area contributed by atoms with E-state index in [0.717, 1.165) is 19.3 Å². The van der Waals surface area contributed by atoms with E-state index in [9.17, 15) is 9.59 Å². The van der Waals surface area contributed by atoms with Gasteiger partial charge in [-0.15, -0.1) is 11.3 Å². The first-order valence-electron chi connectivity index (χ1n) is 7.72. The van der Waals surface area contributed by atoms with Gasteiger partial charge in [0.1, 0.15) is 5.69 Å². The van der Waals surface area contributed by atoms with E-state index in [1.165, 1.54) is 29.4 Å². The molecular weight excluding hydrogens is 310 g/mol. The van der Waals surface area contributed by atoms with E-state index in [1.54, 1.807) is 5.38 Å². The molecule has 0 spiro atoms. The van der Waals surface area contributed by atoms with Crippen molar-refractivity contribution in [1.82, 2.24) is 10.3 Å². The van der Waals surface area contributed by atoms with E-state index >= 15 is 0 Å². The van der Waals surface area contributed by atoms with Crippen molar-refractivity contribution in [3.63, 3.8) is 0 Å². The van der Waals surface area contributed by atoms with Crippen molar-refractivity contribution in [2.45, 2.75) is 32.1 Å². The lowest BCUT2D eigenvalue weighted by Gasteiger charge is -2.25. The third-order valence-corrected chi connectivity index (χ3v) is 4.78. The maximum atomic E-state index is 12.2. The van der Waals surface area contributed by atoms with Gasteiger partial charge >= 0.3 is 0 Å². The quantitative estimate of drug-likeness (QED) is 0.906. The molecule has 0 unspecified atom stereocenters. The van der Waals surface area contributed by atoms with Crippen LogP contribution < -0.4 is 10.6 Å². The second-order valence-corrected chi connectivity index (χ2v) is 6.58. The molecule has 0 bridgehead atoms. The Labute approximate surface area is 139 Å². The van der Waals surface area contributed by atoms with Crippen molar-refractivity contribution in [1.29, 1.82) is 0 Å². The van der Waals surface area contributed by atoms with Crippen molar-refractivity contribution >= 4 is 28.3 Å². The van der Waals surface area contributed by atoms with Gasteiger partial charge in [0.2, 0.25) is 5.91 Å². The predicted molar refractivity (Wildman–Crippen MR) is 90.9 cm³/mol. The van der Waals surface area contributed by atoms with Crippen molar-refractivity contribution in [2.75, 3.05) is 11.9 Å². The van der Waals surface area contributed by atoms with Gasteiger partial charge < -0.3 is 10.6 Å². The van der Waals surface area contributed by atoms with Crippen LogP contribution in [0.25, 0.3) is 0 Å². The lowest BCUT2D eigenvalue weighted by atomic mass is 9.83. The largest absolute Gasteiger partial charge is 0.350 e. The summed E-state index contributed by atoms with van der Waals surface area (Å²) in [6.45, 7) is 2.03. The Hall–Kier alpha value is -2.21. The average molecular weight is 329 g/mol. The number of hydrogen-bond donors (Lipinski definition) is 2. The molecule has 2 aromatic rings. The predicted octanol–water partition coefficient (Wildman–Crippen LogP) is 2.95. The number of nitrogens with zero attached hydrogens (tertiary/aromatic N) is 1. The van der Waals surface area contributed by atoms with E-state index in [1.807, 2.05) is 0 Å². The molecule has 2 amide bonds. The van der Waals surface area contributed by atoms with E-state index in [0.29, 0.717) is 23.3 Å². The number of aryl methyl sites for hydroxylation is 1. The number of anilines is 1. The molecule has 3 rings (SSSR count).